The van der Waals surface area contributed by atoms with E-state index in [1.54, 1.807) is 36.6 Å². The third-order valence-electron chi connectivity index (χ3n) is 5.01. The molecular weight excluding hydrogens is 348 g/mol. The highest BCUT2D eigenvalue weighted by Crippen LogP contribution is 2.34. The number of esters is 1. The fraction of sp³-hybridized carbons (Fsp3) is 0.429. The van der Waals surface area contributed by atoms with Crippen LogP contribution in [-0.4, -0.2) is 18.9 Å². The number of fused-ring (bicyclic) bond motifs is 1. The lowest BCUT2D eigenvalue weighted by Gasteiger charge is -2.19. The van der Waals surface area contributed by atoms with Crippen molar-refractivity contribution in [2.45, 2.75) is 46.1 Å². The summed E-state index contributed by atoms with van der Waals surface area (Å²) in [4.78, 5) is 26.0. The second-order valence-corrected chi connectivity index (χ2v) is 7.87. The SMILES string of the molecule is CC[C@@H]1CCc2sc(C(=O)OCc3cc(C(C)=O)ccc3OC)cc2C1. The molecule has 0 aliphatic heterocycles. The fourth-order valence-electron chi connectivity index (χ4n) is 3.37. The Labute approximate surface area is 158 Å². The Kier molecular flexibility index (Phi) is 5.77. The molecule has 26 heavy (non-hydrogen) atoms. The van der Waals surface area contributed by atoms with Crippen LogP contribution in [0.25, 0.3) is 0 Å². The zero-order valence-corrected chi connectivity index (χ0v) is 16.3. The standard InChI is InChI=1S/C21H24O4S/c1-4-14-5-8-19-16(9-14)11-20(26-19)21(23)25-12-17-10-15(13(2)22)6-7-18(17)24-3/h6-7,10-11,14H,4-5,8-9,12H2,1-3H3/t14-/m1/s1. The van der Waals surface area contributed by atoms with Crippen LogP contribution in [0.5, 0.6) is 5.75 Å². The van der Waals surface area contributed by atoms with Crippen molar-refractivity contribution in [1.82, 2.24) is 0 Å². The second kappa shape index (κ2) is 8.04. The zero-order valence-electron chi connectivity index (χ0n) is 15.5. The molecule has 4 nitrogen and oxygen atoms in total. The van der Waals surface area contributed by atoms with Crippen molar-refractivity contribution in [3.63, 3.8) is 0 Å². The van der Waals surface area contributed by atoms with Crippen molar-refractivity contribution in [2.24, 2.45) is 5.92 Å². The smallest absolute Gasteiger partial charge is 0.348 e. The van der Waals surface area contributed by atoms with Crippen LogP contribution in [0.3, 0.4) is 0 Å². The number of thiophene rings is 1. The molecule has 0 amide bonds. The quantitative estimate of drug-likeness (QED) is 0.538. The number of ketones is 1. The number of Topliss-reactive ketones (excluding diaryl/α,β-unsaturated/α-hetero) is 1. The van der Waals surface area contributed by atoms with Gasteiger partial charge in [-0.25, -0.2) is 4.79 Å². The molecule has 1 aromatic heterocycles. The molecule has 0 spiro atoms. The van der Waals surface area contributed by atoms with Crippen LogP contribution in [0.1, 0.15) is 62.7 Å². The highest BCUT2D eigenvalue weighted by atomic mass is 32.1. The molecule has 0 radical (unpaired) electrons. The van der Waals surface area contributed by atoms with Crippen molar-refractivity contribution in [3.05, 3.63) is 50.7 Å². The monoisotopic (exact) mass is 372 g/mol. The number of ether oxygens (including phenoxy) is 2. The molecule has 0 N–H and O–H groups in total. The molecule has 138 valence electrons. The Morgan fingerprint density at radius 2 is 2.08 bits per heavy atom. The summed E-state index contributed by atoms with van der Waals surface area (Å²) in [6.07, 6.45) is 4.50. The van der Waals surface area contributed by atoms with Crippen LogP contribution < -0.4 is 4.74 Å². The van der Waals surface area contributed by atoms with Crippen molar-refractivity contribution >= 4 is 23.1 Å². The van der Waals surface area contributed by atoms with E-state index in [9.17, 15) is 9.59 Å². The van der Waals surface area contributed by atoms with Gasteiger partial charge in [-0.3, -0.25) is 4.79 Å². The summed E-state index contributed by atoms with van der Waals surface area (Å²) < 4.78 is 10.8. The minimum atomic E-state index is -0.312. The van der Waals surface area contributed by atoms with Crippen LogP contribution in [0.2, 0.25) is 0 Å². The topological polar surface area (TPSA) is 52.6 Å². The number of hydrogen-bond donors (Lipinski definition) is 0. The maximum absolute atomic E-state index is 12.5. The molecule has 0 saturated heterocycles. The minimum Gasteiger partial charge on any atom is -0.496 e. The first-order valence-electron chi connectivity index (χ1n) is 8.98. The van der Waals surface area contributed by atoms with E-state index in [1.807, 2.05) is 6.07 Å². The van der Waals surface area contributed by atoms with E-state index in [-0.39, 0.29) is 18.4 Å². The van der Waals surface area contributed by atoms with Gasteiger partial charge in [-0.1, -0.05) is 13.3 Å². The van der Waals surface area contributed by atoms with E-state index in [1.165, 1.54) is 30.2 Å². The summed E-state index contributed by atoms with van der Waals surface area (Å²) in [7, 11) is 1.56. The van der Waals surface area contributed by atoms with Gasteiger partial charge in [0.25, 0.3) is 0 Å². The highest BCUT2D eigenvalue weighted by molar-refractivity contribution is 7.14. The maximum Gasteiger partial charge on any atom is 0.348 e. The van der Waals surface area contributed by atoms with Gasteiger partial charge in [0, 0.05) is 16.0 Å². The minimum absolute atomic E-state index is 0.0309. The molecule has 1 atom stereocenters. The number of carbonyl (C=O) groups excluding carboxylic acids is 2. The van der Waals surface area contributed by atoms with Crippen LogP contribution >= 0.6 is 11.3 Å². The van der Waals surface area contributed by atoms with Gasteiger partial charge in [-0.2, -0.15) is 0 Å². The summed E-state index contributed by atoms with van der Waals surface area (Å²) in [5.41, 5.74) is 2.58. The summed E-state index contributed by atoms with van der Waals surface area (Å²) in [5.74, 6) is 0.989. The van der Waals surface area contributed by atoms with Crippen LogP contribution in [0.4, 0.5) is 0 Å². The molecule has 0 saturated carbocycles. The number of rotatable bonds is 6. The predicted octanol–water partition coefficient (Wildman–Crippen LogP) is 4.83. The molecule has 3 rings (SSSR count). The molecule has 2 aromatic rings. The molecular formula is C21H24O4S. The van der Waals surface area contributed by atoms with Gasteiger partial charge in [-0.15, -0.1) is 11.3 Å². The molecule has 0 fully saturated rings. The van der Waals surface area contributed by atoms with E-state index in [4.69, 9.17) is 9.47 Å². The lowest BCUT2D eigenvalue weighted by Crippen LogP contribution is -2.10. The number of hydrogen-bond acceptors (Lipinski definition) is 5. The third-order valence-corrected chi connectivity index (χ3v) is 6.23. The number of methoxy groups -OCH3 is 1. The molecule has 1 heterocycles. The Hall–Kier alpha value is -2.14. The van der Waals surface area contributed by atoms with Crippen LogP contribution in [-0.2, 0) is 24.2 Å². The molecule has 0 bridgehead atoms. The van der Waals surface area contributed by atoms with E-state index >= 15 is 0 Å². The normalized spacial score (nSPS) is 16.0. The van der Waals surface area contributed by atoms with Gasteiger partial charge >= 0.3 is 5.97 Å². The lowest BCUT2D eigenvalue weighted by molar-refractivity contribution is 0.0476. The van der Waals surface area contributed by atoms with Crippen molar-refractivity contribution < 1.29 is 19.1 Å². The lowest BCUT2D eigenvalue weighted by atomic mass is 9.87. The highest BCUT2D eigenvalue weighted by Gasteiger charge is 2.23. The summed E-state index contributed by atoms with van der Waals surface area (Å²) in [5, 5.41) is 0. The summed E-state index contributed by atoms with van der Waals surface area (Å²) in [6.45, 7) is 3.82. The van der Waals surface area contributed by atoms with Gasteiger partial charge in [-0.05, 0) is 61.9 Å². The molecule has 0 unspecified atom stereocenters. The molecule has 1 aliphatic carbocycles. The fourth-order valence-corrected chi connectivity index (χ4v) is 4.48. The number of benzene rings is 1. The van der Waals surface area contributed by atoms with E-state index in [2.05, 4.69) is 6.92 Å². The second-order valence-electron chi connectivity index (χ2n) is 6.74. The number of carbonyl (C=O) groups is 2. The Morgan fingerprint density at radius 3 is 2.77 bits per heavy atom. The van der Waals surface area contributed by atoms with Gasteiger partial charge in [0.15, 0.2) is 5.78 Å². The average Bonchev–Trinajstić information content (AvgIpc) is 3.08. The predicted molar refractivity (Wildman–Crippen MR) is 102 cm³/mol. The van der Waals surface area contributed by atoms with Crippen LogP contribution in [0, 0.1) is 5.92 Å². The maximum atomic E-state index is 12.5. The average molecular weight is 372 g/mol. The Morgan fingerprint density at radius 1 is 1.27 bits per heavy atom. The van der Waals surface area contributed by atoms with Crippen molar-refractivity contribution in [3.8, 4) is 5.75 Å². The molecule has 1 aromatic carbocycles. The first-order chi connectivity index (χ1) is 12.5. The van der Waals surface area contributed by atoms with Crippen molar-refractivity contribution in [1.29, 1.82) is 0 Å². The molecule has 1 aliphatic rings. The van der Waals surface area contributed by atoms with E-state index in [0.29, 0.717) is 21.8 Å². The van der Waals surface area contributed by atoms with Crippen molar-refractivity contribution in [2.75, 3.05) is 7.11 Å². The van der Waals surface area contributed by atoms with Crippen LogP contribution in [0.15, 0.2) is 24.3 Å². The van der Waals surface area contributed by atoms with Gasteiger partial charge in [0.2, 0.25) is 0 Å². The summed E-state index contributed by atoms with van der Waals surface area (Å²) in [6, 6.07) is 7.16. The van der Waals surface area contributed by atoms with Gasteiger partial charge < -0.3 is 9.47 Å². The molecule has 5 heteroatoms. The Balaban J connectivity index is 1.71. The number of aryl methyl sites for hydroxylation is 1. The van der Waals surface area contributed by atoms with Gasteiger partial charge in [0.1, 0.15) is 17.2 Å². The van der Waals surface area contributed by atoms with Gasteiger partial charge in [0.05, 0.1) is 7.11 Å². The largest absolute Gasteiger partial charge is 0.496 e. The van der Waals surface area contributed by atoms with E-state index in [0.717, 1.165) is 18.8 Å². The first kappa shape index (κ1) is 18.6. The third kappa shape index (κ3) is 3.98. The Bertz CT molecular complexity index is 821. The summed E-state index contributed by atoms with van der Waals surface area (Å²) >= 11 is 1.55. The first-order valence-corrected chi connectivity index (χ1v) is 9.80. The van der Waals surface area contributed by atoms with E-state index < -0.39 is 0 Å². The zero-order chi connectivity index (χ0) is 18.7.